The molecule has 0 saturated heterocycles. The molecule has 0 aliphatic heterocycles. The first-order chi connectivity index (χ1) is 12.0. The van der Waals surface area contributed by atoms with Gasteiger partial charge in [0, 0.05) is 12.5 Å². The van der Waals surface area contributed by atoms with Gasteiger partial charge in [-0.3, -0.25) is 14.4 Å². The molecule has 2 amide bonds. The van der Waals surface area contributed by atoms with Crippen molar-refractivity contribution in [2.45, 2.75) is 45.1 Å². The molecule has 0 aromatic heterocycles. The Bertz CT molecular complexity index is 597. The maximum atomic E-state index is 12.6. The molecule has 136 valence electrons. The van der Waals surface area contributed by atoms with E-state index in [2.05, 4.69) is 5.32 Å². The highest BCUT2D eigenvalue weighted by atomic mass is 16.4. The molecule has 6 heteroatoms. The van der Waals surface area contributed by atoms with Gasteiger partial charge in [-0.2, -0.15) is 0 Å². The Morgan fingerprint density at radius 3 is 2.44 bits per heavy atom. The largest absolute Gasteiger partial charge is 0.480 e. The Balaban J connectivity index is 1.93. The number of nitrogens with one attached hydrogen (secondary N) is 1. The number of rotatable bonds is 8. The molecule has 1 aromatic carbocycles. The zero-order valence-corrected chi connectivity index (χ0v) is 14.6. The van der Waals surface area contributed by atoms with Gasteiger partial charge >= 0.3 is 5.97 Å². The van der Waals surface area contributed by atoms with Crippen LogP contribution in [0, 0.1) is 5.92 Å². The summed E-state index contributed by atoms with van der Waals surface area (Å²) in [5, 5.41) is 11.8. The van der Waals surface area contributed by atoms with Crippen LogP contribution in [0.3, 0.4) is 0 Å². The number of carboxylic acid groups (broad SMARTS) is 1. The number of carbonyl (C=O) groups excluding carboxylic acids is 2. The number of carbonyl (C=O) groups is 3. The van der Waals surface area contributed by atoms with Crippen molar-refractivity contribution in [2.24, 2.45) is 5.92 Å². The standard InChI is InChI=1S/C19H26N2O4/c1-14(20-18(24)16-9-5-6-10-16)19(25)21(13-17(22)23)12-11-15-7-3-2-4-8-15/h2-4,7-8,14,16H,5-6,9-13H2,1H3,(H,20,24)(H,22,23). The van der Waals surface area contributed by atoms with E-state index in [1.165, 1.54) is 4.90 Å². The van der Waals surface area contributed by atoms with Crippen molar-refractivity contribution >= 4 is 17.8 Å². The predicted octanol–water partition coefficient (Wildman–Crippen LogP) is 1.84. The summed E-state index contributed by atoms with van der Waals surface area (Å²) >= 11 is 0. The van der Waals surface area contributed by atoms with Crippen LogP contribution in [0.25, 0.3) is 0 Å². The van der Waals surface area contributed by atoms with Crippen molar-refractivity contribution in [3.63, 3.8) is 0 Å². The lowest BCUT2D eigenvalue weighted by Gasteiger charge is -2.25. The van der Waals surface area contributed by atoms with Gasteiger partial charge < -0.3 is 15.3 Å². The lowest BCUT2D eigenvalue weighted by Crippen LogP contribution is -2.50. The minimum atomic E-state index is -1.06. The average Bonchev–Trinajstić information content (AvgIpc) is 3.13. The highest BCUT2D eigenvalue weighted by molar-refractivity contribution is 5.89. The Morgan fingerprint density at radius 1 is 1.20 bits per heavy atom. The van der Waals surface area contributed by atoms with Gasteiger partial charge in [0.1, 0.15) is 12.6 Å². The van der Waals surface area contributed by atoms with Crippen LogP contribution in [0.4, 0.5) is 0 Å². The maximum Gasteiger partial charge on any atom is 0.323 e. The summed E-state index contributed by atoms with van der Waals surface area (Å²) in [5.41, 5.74) is 1.04. The average molecular weight is 346 g/mol. The summed E-state index contributed by atoms with van der Waals surface area (Å²) in [6, 6.07) is 8.88. The summed E-state index contributed by atoms with van der Waals surface area (Å²) in [6.07, 6.45) is 4.38. The number of carboxylic acids is 1. The fourth-order valence-electron chi connectivity index (χ4n) is 3.19. The van der Waals surface area contributed by atoms with E-state index >= 15 is 0 Å². The second-order valence-electron chi connectivity index (χ2n) is 6.60. The highest BCUT2D eigenvalue weighted by Crippen LogP contribution is 2.24. The van der Waals surface area contributed by atoms with Crippen LogP contribution in [0.1, 0.15) is 38.2 Å². The van der Waals surface area contributed by atoms with Crippen molar-refractivity contribution in [1.29, 1.82) is 0 Å². The fraction of sp³-hybridized carbons (Fsp3) is 0.526. The molecule has 0 spiro atoms. The van der Waals surface area contributed by atoms with Gasteiger partial charge in [0.2, 0.25) is 11.8 Å². The second-order valence-corrected chi connectivity index (χ2v) is 6.60. The first kappa shape index (κ1) is 19.0. The summed E-state index contributed by atoms with van der Waals surface area (Å²) in [7, 11) is 0. The third kappa shape index (κ3) is 5.89. The minimum Gasteiger partial charge on any atom is -0.480 e. The van der Waals surface area contributed by atoms with E-state index in [1.54, 1.807) is 6.92 Å². The van der Waals surface area contributed by atoms with Gasteiger partial charge in [0.15, 0.2) is 0 Å². The van der Waals surface area contributed by atoms with Crippen LogP contribution in [-0.2, 0) is 20.8 Å². The zero-order chi connectivity index (χ0) is 18.2. The van der Waals surface area contributed by atoms with E-state index in [0.29, 0.717) is 13.0 Å². The fourth-order valence-corrected chi connectivity index (χ4v) is 3.19. The van der Waals surface area contributed by atoms with Crippen molar-refractivity contribution in [1.82, 2.24) is 10.2 Å². The topological polar surface area (TPSA) is 86.7 Å². The molecule has 1 atom stereocenters. The second kappa shape index (κ2) is 9.20. The number of hydrogen-bond acceptors (Lipinski definition) is 3. The number of nitrogens with zero attached hydrogens (tertiary/aromatic N) is 1. The SMILES string of the molecule is CC(NC(=O)C1CCCC1)C(=O)N(CCc1ccccc1)CC(=O)O. The molecule has 25 heavy (non-hydrogen) atoms. The van der Waals surface area contributed by atoms with E-state index in [-0.39, 0.29) is 24.3 Å². The van der Waals surface area contributed by atoms with Crippen LogP contribution in [0.5, 0.6) is 0 Å². The molecular formula is C19H26N2O4. The van der Waals surface area contributed by atoms with Crippen LogP contribution in [0.15, 0.2) is 30.3 Å². The first-order valence-corrected chi connectivity index (χ1v) is 8.82. The quantitative estimate of drug-likeness (QED) is 0.752. The van der Waals surface area contributed by atoms with Crippen molar-refractivity contribution in [3.05, 3.63) is 35.9 Å². The molecule has 1 unspecified atom stereocenters. The molecule has 0 heterocycles. The van der Waals surface area contributed by atoms with Gasteiger partial charge in [-0.15, -0.1) is 0 Å². The first-order valence-electron chi connectivity index (χ1n) is 8.82. The lowest BCUT2D eigenvalue weighted by molar-refractivity contribution is -0.145. The Morgan fingerprint density at radius 2 is 1.84 bits per heavy atom. The number of hydrogen-bond donors (Lipinski definition) is 2. The third-order valence-corrected chi connectivity index (χ3v) is 4.61. The molecule has 1 aliphatic rings. The van der Waals surface area contributed by atoms with E-state index < -0.39 is 12.0 Å². The zero-order valence-electron chi connectivity index (χ0n) is 14.6. The van der Waals surface area contributed by atoms with Crippen LogP contribution in [0.2, 0.25) is 0 Å². The normalized spacial score (nSPS) is 15.6. The van der Waals surface area contributed by atoms with Crippen molar-refractivity contribution < 1.29 is 19.5 Å². The Labute approximate surface area is 148 Å². The van der Waals surface area contributed by atoms with Crippen LogP contribution < -0.4 is 5.32 Å². The monoisotopic (exact) mass is 346 g/mol. The predicted molar refractivity (Wildman–Crippen MR) is 93.9 cm³/mol. The molecule has 0 bridgehead atoms. The van der Waals surface area contributed by atoms with Gasteiger partial charge in [0.25, 0.3) is 0 Å². The molecule has 1 aromatic rings. The lowest BCUT2D eigenvalue weighted by atomic mass is 10.1. The van der Waals surface area contributed by atoms with Crippen molar-refractivity contribution in [3.8, 4) is 0 Å². The van der Waals surface area contributed by atoms with E-state index in [4.69, 9.17) is 5.11 Å². The summed E-state index contributed by atoms with van der Waals surface area (Å²) in [5.74, 6) is -1.54. The van der Waals surface area contributed by atoms with Crippen LogP contribution in [-0.4, -0.2) is 46.9 Å². The molecular weight excluding hydrogens is 320 g/mol. The molecule has 1 aliphatic carbocycles. The summed E-state index contributed by atoms with van der Waals surface area (Å²) in [6.45, 7) is 1.56. The summed E-state index contributed by atoms with van der Waals surface area (Å²) < 4.78 is 0. The molecule has 2 rings (SSSR count). The van der Waals surface area contributed by atoms with Crippen LogP contribution >= 0.6 is 0 Å². The Hall–Kier alpha value is -2.37. The molecule has 2 N–H and O–H groups in total. The van der Waals surface area contributed by atoms with E-state index in [0.717, 1.165) is 31.2 Å². The minimum absolute atomic E-state index is 0.0208. The molecule has 0 radical (unpaired) electrons. The number of aliphatic carboxylic acids is 1. The highest BCUT2D eigenvalue weighted by Gasteiger charge is 2.28. The molecule has 1 fully saturated rings. The van der Waals surface area contributed by atoms with Gasteiger partial charge in [-0.25, -0.2) is 0 Å². The summed E-state index contributed by atoms with van der Waals surface area (Å²) in [4.78, 5) is 37.2. The third-order valence-electron chi connectivity index (χ3n) is 4.61. The van der Waals surface area contributed by atoms with Crippen molar-refractivity contribution in [2.75, 3.05) is 13.1 Å². The maximum absolute atomic E-state index is 12.6. The number of benzene rings is 1. The smallest absolute Gasteiger partial charge is 0.323 e. The van der Waals surface area contributed by atoms with E-state index in [1.807, 2.05) is 30.3 Å². The van der Waals surface area contributed by atoms with Gasteiger partial charge in [-0.05, 0) is 31.7 Å². The van der Waals surface area contributed by atoms with E-state index in [9.17, 15) is 14.4 Å². The number of amides is 2. The molecule has 1 saturated carbocycles. The van der Waals surface area contributed by atoms with Gasteiger partial charge in [0.05, 0.1) is 0 Å². The molecule has 6 nitrogen and oxygen atoms in total. The Kier molecular flexibility index (Phi) is 6.98. The van der Waals surface area contributed by atoms with Gasteiger partial charge in [-0.1, -0.05) is 43.2 Å².